The SMILES string of the molecule is CCCn1cc(C(=O)c2csc(C)n2)cn1. The molecule has 0 aliphatic carbocycles. The lowest BCUT2D eigenvalue weighted by Crippen LogP contribution is -2.01. The normalized spacial score (nSPS) is 10.6. The maximum Gasteiger partial charge on any atom is 0.215 e. The fourth-order valence-corrected chi connectivity index (χ4v) is 2.04. The molecule has 2 heterocycles. The van der Waals surface area contributed by atoms with Gasteiger partial charge in [-0.05, 0) is 13.3 Å². The minimum absolute atomic E-state index is 0.0493. The predicted molar refractivity (Wildman–Crippen MR) is 62.8 cm³/mol. The Kier molecular flexibility index (Phi) is 3.14. The molecular weight excluding hydrogens is 222 g/mol. The summed E-state index contributed by atoms with van der Waals surface area (Å²) in [7, 11) is 0. The summed E-state index contributed by atoms with van der Waals surface area (Å²) in [6.45, 7) is 4.80. The number of aromatic nitrogens is 3. The van der Waals surface area contributed by atoms with Crippen LogP contribution in [0.1, 0.15) is 34.4 Å². The van der Waals surface area contributed by atoms with E-state index in [9.17, 15) is 4.79 Å². The Balaban J connectivity index is 2.20. The van der Waals surface area contributed by atoms with Crippen LogP contribution < -0.4 is 0 Å². The third kappa shape index (κ3) is 2.19. The molecule has 0 aliphatic heterocycles. The first kappa shape index (κ1) is 11.0. The van der Waals surface area contributed by atoms with Gasteiger partial charge < -0.3 is 0 Å². The molecule has 0 atom stereocenters. The molecule has 2 rings (SSSR count). The molecule has 4 nitrogen and oxygen atoms in total. The summed E-state index contributed by atoms with van der Waals surface area (Å²) in [6.07, 6.45) is 4.39. The van der Waals surface area contributed by atoms with Gasteiger partial charge in [0, 0.05) is 18.1 Å². The largest absolute Gasteiger partial charge is 0.287 e. The molecule has 0 radical (unpaired) electrons. The summed E-state index contributed by atoms with van der Waals surface area (Å²) in [4.78, 5) is 16.1. The number of aryl methyl sites for hydroxylation is 2. The number of nitrogens with zero attached hydrogens (tertiary/aromatic N) is 3. The highest BCUT2D eigenvalue weighted by molar-refractivity contribution is 7.09. The average Bonchev–Trinajstić information content (AvgIpc) is 2.87. The fourth-order valence-electron chi connectivity index (χ4n) is 1.45. The zero-order valence-electron chi connectivity index (χ0n) is 9.30. The number of thiazole rings is 1. The highest BCUT2D eigenvalue weighted by Crippen LogP contribution is 2.12. The quantitative estimate of drug-likeness (QED) is 0.764. The summed E-state index contributed by atoms with van der Waals surface area (Å²) >= 11 is 1.49. The van der Waals surface area contributed by atoms with Gasteiger partial charge in [0.1, 0.15) is 5.69 Å². The zero-order valence-corrected chi connectivity index (χ0v) is 10.1. The van der Waals surface area contributed by atoms with E-state index in [2.05, 4.69) is 17.0 Å². The van der Waals surface area contributed by atoms with E-state index in [0.717, 1.165) is 18.0 Å². The maximum atomic E-state index is 12.0. The molecule has 84 valence electrons. The Bertz CT molecular complexity index is 501. The first-order valence-electron chi connectivity index (χ1n) is 5.20. The summed E-state index contributed by atoms with van der Waals surface area (Å²) in [5.74, 6) is -0.0493. The number of hydrogen-bond acceptors (Lipinski definition) is 4. The summed E-state index contributed by atoms with van der Waals surface area (Å²) < 4.78 is 1.78. The van der Waals surface area contributed by atoms with E-state index < -0.39 is 0 Å². The van der Waals surface area contributed by atoms with E-state index in [1.165, 1.54) is 11.3 Å². The van der Waals surface area contributed by atoms with Crippen LogP contribution in [-0.2, 0) is 6.54 Å². The van der Waals surface area contributed by atoms with Crippen molar-refractivity contribution in [3.8, 4) is 0 Å². The van der Waals surface area contributed by atoms with Crippen molar-refractivity contribution in [1.82, 2.24) is 14.8 Å². The molecule has 16 heavy (non-hydrogen) atoms. The summed E-state index contributed by atoms with van der Waals surface area (Å²) in [5, 5.41) is 6.82. The Hall–Kier alpha value is -1.49. The molecule has 0 amide bonds. The lowest BCUT2D eigenvalue weighted by Gasteiger charge is -1.94. The van der Waals surface area contributed by atoms with Gasteiger partial charge in [0.05, 0.1) is 16.8 Å². The van der Waals surface area contributed by atoms with Gasteiger partial charge in [-0.2, -0.15) is 5.10 Å². The van der Waals surface area contributed by atoms with Crippen molar-refractivity contribution in [3.05, 3.63) is 34.0 Å². The second kappa shape index (κ2) is 4.57. The van der Waals surface area contributed by atoms with Gasteiger partial charge in [0.15, 0.2) is 0 Å². The van der Waals surface area contributed by atoms with Crippen LogP contribution >= 0.6 is 11.3 Å². The van der Waals surface area contributed by atoms with Gasteiger partial charge in [-0.1, -0.05) is 6.92 Å². The first-order chi connectivity index (χ1) is 7.70. The Morgan fingerprint density at radius 2 is 2.38 bits per heavy atom. The molecule has 0 unspecified atom stereocenters. The zero-order chi connectivity index (χ0) is 11.5. The third-order valence-electron chi connectivity index (χ3n) is 2.20. The van der Waals surface area contributed by atoms with E-state index in [4.69, 9.17) is 0 Å². The van der Waals surface area contributed by atoms with Gasteiger partial charge in [-0.15, -0.1) is 11.3 Å². The lowest BCUT2D eigenvalue weighted by molar-refractivity contribution is 0.103. The molecule has 0 saturated carbocycles. The van der Waals surface area contributed by atoms with Crippen LogP contribution in [0, 0.1) is 6.92 Å². The van der Waals surface area contributed by atoms with Crippen LogP contribution in [0.4, 0.5) is 0 Å². The molecule has 0 spiro atoms. The average molecular weight is 235 g/mol. The van der Waals surface area contributed by atoms with Crippen LogP contribution in [0.2, 0.25) is 0 Å². The number of ketones is 1. The van der Waals surface area contributed by atoms with Crippen molar-refractivity contribution in [3.63, 3.8) is 0 Å². The van der Waals surface area contributed by atoms with Crippen molar-refractivity contribution in [2.75, 3.05) is 0 Å². The van der Waals surface area contributed by atoms with Crippen molar-refractivity contribution in [2.45, 2.75) is 26.8 Å². The Morgan fingerprint density at radius 1 is 1.56 bits per heavy atom. The van der Waals surface area contributed by atoms with Crippen LogP contribution in [0.15, 0.2) is 17.8 Å². The smallest absolute Gasteiger partial charge is 0.215 e. The first-order valence-corrected chi connectivity index (χ1v) is 6.08. The lowest BCUT2D eigenvalue weighted by atomic mass is 10.2. The molecule has 0 saturated heterocycles. The monoisotopic (exact) mass is 235 g/mol. The maximum absolute atomic E-state index is 12.0. The van der Waals surface area contributed by atoms with Crippen molar-refractivity contribution < 1.29 is 4.79 Å². The van der Waals surface area contributed by atoms with Crippen LogP contribution in [0.5, 0.6) is 0 Å². The van der Waals surface area contributed by atoms with Gasteiger partial charge in [-0.3, -0.25) is 9.48 Å². The van der Waals surface area contributed by atoms with Gasteiger partial charge in [-0.25, -0.2) is 4.98 Å². The Labute approximate surface area is 97.9 Å². The van der Waals surface area contributed by atoms with Crippen LogP contribution in [-0.4, -0.2) is 20.5 Å². The highest BCUT2D eigenvalue weighted by atomic mass is 32.1. The second-order valence-electron chi connectivity index (χ2n) is 3.57. The molecule has 0 fully saturated rings. The molecule has 0 aromatic carbocycles. The van der Waals surface area contributed by atoms with E-state index in [0.29, 0.717) is 11.3 Å². The minimum Gasteiger partial charge on any atom is -0.287 e. The van der Waals surface area contributed by atoms with Crippen molar-refractivity contribution in [1.29, 1.82) is 0 Å². The van der Waals surface area contributed by atoms with Gasteiger partial charge in [0.25, 0.3) is 0 Å². The number of carbonyl (C=O) groups is 1. The van der Waals surface area contributed by atoms with E-state index in [1.807, 2.05) is 6.92 Å². The summed E-state index contributed by atoms with van der Waals surface area (Å²) in [5.41, 5.74) is 1.12. The topological polar surface area (TPSA) is 47.8 Å². The van der Waals surface area contributed by atoms with Gasteiger partial charge in [0.2, 0.25) is 5.78 Å². The molecular formula is C11H13N3OS. The van der Waals surface area contributed by atoms with Crippen molar-refractivity contribution >= 4 is 17.1 Å². The molecule has 0 aliphatic rings. The van der Waals surface area contributed by atoms with Gasteiger partial charge >= 0.3 is 0 Å². The number of rotatable bonds is 4. The van der Waals surface area contributed by atoms with E-state index >= 15 is 0 Å². The van der Waals surface area contributed by atoms with Crippen LogP contribution in [0.3, 0.4) is 0 Å². The molecule has 5 heteroatoms. The summed E-state index contributed by atoms with van der Waals surface area (Å²) in [6, 6.07) is 0. The second-order valence-corrected chi connectivity index (χ2v) is 4.64. The molecule has 0 N–H and O–H groups in total. The fraction of sp³-hybridized carbons (Fsp3) is 0.364. The number of carbonyl (C=O) groups excluding carboxylic acids is 1. The van der Waals surface area contributed by atoms with E-state index in [1.54, 1.807) is 22.5 Å². The molecule has 2 aromatic rings. The Morgan fingerprint density at radius 3 is 3.00 bits per heavy atom. The van der Waals surface area contributed by atoms with Crippen molar-refractivity contribution in [2.24, 2.45) is 0 Å². The third-order valence-corrected chi connectivity index (χ3v) is 2.97. The molecule has 0 bridgehead atoms. The standard InChI is InChI=1S/C11H13N3OS/c1-3-4-14-6-9(5-12-14)11(15)10-7-16-8(2)13-10/h5-7H,3-4H2,1-2H3. The number of hydrogen-bond donors (Lipinski definition) is 0. The van der Waals surface area contributed by atoms with Crippen LogP contribution in [0.25, 0.3) is 0 Å². The molecule has 2 aromatic heterocycles. The minimum atomic E-state index is -0.0493. The predicted octanol–water partition coefficient (Wildman–Crippen LogP) is 2.29. The highest BCUT2D eigenvalue weighted by Gasteiger charge is 2.13. The van der Waals surface area contributed by atoms with E-state index in [-0.39, 0.29) is 5.78 Å².